The normalized spacial score (nSPS) is 18.7. The molecule has 0 saturated carbocycles. The van der Waals surface area contributed by atoms with E-state index in [-0.39, 0.29) is 82.0 Å². The molecule has 11 amide bonds. The van der Waals surface area contributed by atoms with Gasteiger partial charge in [0.25, 0.3) is 0 Å². The standard InChI is InChI=1S/C83H104N12O16S3/c1-51(96)69(77(106)85-43-42-84-68(99)40-44-112-83(56-27-15-10-16-28-56,57-29-17-11-18-30-57)58-31-19-12-20-32-58)94-76(105)67-50-114-113-49-66(91-73(102)64(45-53-25-13-9-14-26-53)93-80(109)111-82(6,7)8)75(104)89-63(46-54-36-38-59(98)39-37-54)72(101)90-65(47-55-48-87-61-34-22-21-33-60(55)61)74(103)88-62(71(100)95-70(52(2)97)78(107)92-67)35-23-24-41-86-79(108)110-81(3,4)5/h9-22,25-34,36-39,48,51-52,62-67,69-70,87,96-98H,23-24,35,40-47,49-50H2,1-8H3,(H,84,99)(H,85,106)(H,86,108)(H,88,103)(H,89,104)(H,90,101)(H,91,102)(H,92,107)(H,93,109)(H,94,105)(H,95,100)/t51-,52-,62+,63+,64-,65-,66+,67+,69+,70+/m1/s1. The Labute approximate surface area is 675 Å². The number of thioether (sulfide) groups is 1. The van der Waals surface area contributed by atoms with Gasteiger partial charge in [0.2, 0.25) is 53.2 Å². The fourth-order valence-corrected chi connectivity index (χ4v) is 16.3. The highest BCUT2D eigenvalue weighted by Crippen LogP contribution is 2.48. The first-order valence-corrected chi connectivity index (χ1v) is 41.2. The van der Waals surface area contributed by atoms with Crippen LogP contribution in [-0.4, -0.2) is 194 Å². The van der Waals surface area contributed by atoms with Gasteiger partial charge in [-0.1, -0.05) is 173 Å². The third-order valence-corrected chi connectivity index (χ3v) is 22.1. The summed E-state index contributed by atoms with van der Waals surface area (Å²) in [6.45, 7) is 12.3. The molecule has 0 radical (unpaired) electrons. The smallest absolute Gasteiger partial charge is 0.408 e. The van der Waals surface area contributed by atoms with Crippen molar-refractivity contribution in [1.82, 2.24) is 63.5 Å². The third-order valence-electron chi connectivity index (χ3n) is 18.1. The highest BCUT2D eigenvalue weighted by Gasteiger charge is 2.40. The molecule has 28 nitrogen and oxygen atoms in total. The topological polar surface area (TPSA) is 415 Å². The minimum Gasteiger partial charge on any atom is -0.508 e. The second-order valence-corrected chi connectivity index (χ2v) is 33.5. The summed E-state index contributed by atoms with van der Waals surface area (Å²) in [5.74, 6) is -8.63. The lowest BCUT2D eigenvalue weighted by molar-refractivity contribution is -0.137. The van der Waals surface area contributed by atoms with E-state index in [1.807, 2.05) is 54.6 Å². The van der Waals surface area contributed by atoms with Crippen LogP contribution in [0.25, 0.3) is 10.9 Å². The number of aromatic hydroxyl groups is 1. The number of hydrogen-bond donors (Lipinski definition) is 15. The average molecular weight is 1620 g/mol. The molecule has 2 heterocycles. The maximum Gasteiger partial charge on any atom is 0.408 e. The number of H-pyrrole nitrogens is 1. The maximum atomic E-state index is 15.3. The quantitative estimate of drug-likeness (QED) is 0.0137. The van der Waals surface area contributed by atoms with Gasteiger partial charge in [0, 0.05) is 79.7 Å². The molecule has 7 aromatic rings. The summed E-state index contributed by atoms with van der Waals surface area (Å²) in [6.07, 6.45) is -3.66. The van der Waals surface area contributed by atoms with Gasteiger partial charge in [-0.3, -0.25) is 43.2 Å². The second kappa shape index (κ2) is 43.0. The second-order valence-electron chi connectivity index (χ2n) is 29.6. The highest BCUT2D eigenvalue weighted by atomic mass is 33.1. The molecule has 15 N–H and O–H groups in total. The van der Waals surface area contributed by atoms with Crippen LogP contribution in [-0.2, 0) is 76.6 Å². The van der Waals surface area contributed by atoms with Crippen molar-refractivity contribution in [1.29, 1.82) is 0 Å². The number of amides is 11. The lowest BCUT2D eigenvalue weighted by atomic mass is 9.84. The number of carbonyl (C=O) groups is 11. The van der Waals surface area contributed by atoms with Gasteiger partial charge in [0.15, 0.2) is 0 Å². The maximum absolute atomic E-state index is 15.3. The van der Waals surface area contributed by atoms with E-state index in [1.54, 1.807) is 114 Å². The molecule has 1 fully saturated rings. The lowest BCUT2D eigenvalue weighted by Crippen LogP contribution is -2.63. The van der Waals surface area contributed by atoms with Crippen molar-refractivity contribution in [3.63, 3.8) is 0 Å². The first kappa shape index (κ1) is 89.0. The van der Waals surface area contributed by atoms with Crippen LogP contribution in [0.3, 0.4) is 0 Å². The Morgan fingerprint density at radius 3 is 1.68 bits per heavy atom. The Morgan fingerprint density at radius 1 is 0.544 bits per heavy atom. The summed E-state index contributed by atoms with van der Waals surface area (Å²) in [5, 5.41) is 63.2. The van der Waals surface area contributed by atoms with Crippen LogP contribution in [0.5, 0.6) is 5.75 Å². The molecular formula is C83H104N12O16S3. The van der Waals surface area contributed by atoms with Gasteiger partial charge in [-0.2, -0.15) is 0 Å². The molecule has 1 aliphatic rings. The van der Waals surface area contributed by atoms with Gasteiger partial charge in [-0.05, 0) is 126 Å². The van der Waals surface area contributed by atoms with Gasteiger partial charge < -0.3 is 88.3 Å². The third kappa shape index (κ3) is 27.6. The number of aliphatic hydroxyl groups is 2. The van der Waals surface area contributed by atoms with Crippen LogP contribution in [0.2, 0.25) is 0 Å². The number of carbonyl (C=O) groups excluding carboxylic acids is 11. The van der Waals surface area contributed by atoms with E-state index >= 15 is 14.4 Å². The van der Waals surface area contributed by atoms with Crippen LogP contribution in [0.1, 0.15) is 114 Å². The van der Waals surface area contributed by atoms with E-state index < -0.39 is 142 Å². The molecule has 114 heavy (non-hydrogen) atoms. The number of benzene rings is 6. The number of aromatic nitrogens is 1. The fourth-order valence-electron chi connectivity index (χ4n) is 12.5. The summed E-state index contributed by atoms with van der Waals surface area (Å²) in [7, 11) is 1.78. The van der Waals surface area contributed by atoms with Crippen LogP contribution in [0.15, 0.2) is 176 Å². The summed E-state index contributed by atoms with van der Waals surface area (Å²) >= 11 is 1.60. The van der Waals surface area contributed by atoms with E-state index in [9.17, 15) is 53.7 Å². The monoisotopic (exact) mass is 1620 g/mol. The minimum absolute atomic E-state index is 0.0585. The van der Waals surface area contributed by atoms with Gasteiger partial charge in [-0.15, -0.1) is 11.8 Å². The Morgan fingerprint density at radius 2 is 1.08 bits per heavy atom. The van der Waals surface area contributed by atoms with Crippen molar-refractivity contribution in [3.8, 4) is 5.75 Å². The molecule has 10 atom stereocenters. The molecule has 1 aromatic heterocycles. The minimum atomic E-state index is -1.88. The summed E-state index contributed by atoms with van der Waals surface area (Å²) in [5.41, 5.74) is 3.48. The largest absolute Gasteiger partial charge is 0.508 e. The van der Waals surface area contributed by atoms with E-state index in [4.69, 9.17) is 9.47 Å². The number of nitrogens with one attached hydrogen (secondary N) is 12. The number of phenols is 1. The average Bonchev–Trinajstić information content (AvgIpc) is 0.894. The summed E-state index contributed by atoms with van der Waals surface area (Å²) in [4.78, 5) is 163. The van der Waals surface area contributed by atoms with Gasteiger partial charge in [-0.25, -0.2) is 9.59 Å². The number of unbranched alkanes of at least 4 members (excludes halogenated alkanes) is 1. The van der Waals surface area contributed by atoms with Crippen molar-refractivity contribution in [3.05, 3.63) is 209 Å². The van der Waals surface area contributed by atoms with E-state index in [0.717, 1.165) is 38.3 Å². The fraction of sp³-hybridized carbons (Fsp3) is 0.410. The molecule has 1 aliphatic heterocycles. The van der Waals surface area contributed by atoms with E-state index in [1.165, 1.54) is 38.1 Å². The Kier molecular flexibility index (Phi) is 33.6. The SMILES string of the molecule is C[C@@H](O)[C@H](NC(=O)[C@@H]1CSSC[C@H](NC(=O)[C@@H](Cc2ccccc2)NC(=O)OC(C)(C)C)C(=O)N[C@@H](Cc2ccc(O)cc2)C(=O)N[C@H](Cc2c[nH]c3ccccc23)C(=O)N[C@@H](CCCCNC(=O)OC(C)(C)C)C(=O)N[C@@H]([C@@H](C)O)C(=O)N1)C(=O)NCCNC(=O)CCSC(c1ccccc1)(c1ccccc1)c1ccccc1. The molecule has 8 rings (SSSR count). The predicted octanol–water partition coefficient (Wildman–Crippen LogP) is 6.39. The van der Waals surface area contributed by atoms with Gasteiger partial charge in [0.1, 0.15) is 65.3 Å². The number of para-hydroxylation sites is 1. The van der Waals surface area contributed by atoms with Crippen LogP contribution < -0.4 is 58.5 Å². The zero-order valence-corrected chi connectivity index (χ0v) is 67.5. The zero-order chi connectivity index (χ0) is 82.5. The van der Waals surface area contributed by atoms with Crippen molar-refractivity contribution < 1.29 is 77.5 Å². The summed E-state index contributed by atoms with van der Waals surface area (Å²) in [6, 6.07) is 38.6. The number of phenolic OH excluding ortho intramolecular Hbond substituents is 1. The molecule has 31 heteroatoms. The van der Waals surface area contributed by atoms with E-state index in [0.29, 0.717) is 33.3 Å². The Bertz CT molecular complexity index is 4260. The molecule has 0 bridgehead atoms. The van der Waals surface area contributed by atoms with Crippen LogP contribution in [0, 0.1) is 0 Å². The van der Waals surface area contributed by atoms with Gasteiger partial charge >= 0.3 is 12.2 Å². The molecule has 0 unspecified atom stereocenters. The Hall–Kier alpha value is -10.6. The van der Waals surface area contributed by atoms with Gasteiger partial charge in [0.05, 0.1) is 17.0 Å². The zero-order valence-electron chi connectivity index (χ0n) is 65.1. The number of hydrogen-bond acceptors (Lipinski definition) is 19. The first-order valence-electron chi connectivity index (χ1n) is 37.8. The molecule has 6 aromatic carbocycles. The number of rotatable bonds is 29. The number of ether oxygens (including phenoxy) is 2. The number of fused-ring (bicyclic) bond motifs is 1. The van der Waals surface area contributed by atoms with Crippen molar-refractivity contribution in [2.75, 3.05) is 36.9 Å². The predicted molar refractivity (Wildman–Crippen MR) is 439 cm³/mol. The first-order chi connectivity index (χ1) is 54.4. The molecule has 0 aliphatic carbocycles. The van der Waals surface area contributed by atoms with Crippen molar-refractivity contribution in [2.24, 2.45) is 0 Å². The van der Waals surface area contributed by atoms with Crippen LogP contribution >= 0.6 is 33.3 Å². The highest BCUT2D eigenvalue weighted by molar-refractivity contribution is 8.76. The van der Waals surface area contributed by atoms with Crippen LogP contribution in [0.4, 0.5) is 9.59 Å². The van der Waals surface area contributed by atoms with Crippen molar-refractivity contribution >= 4 is 110 Å². The molecule has 610 valence electrons. The molecule has 0 spiro atoms. The lowest BCUT2D eigenvalue weighted by Gasteiger charge is -2.35. The molecule has 1 saturated heterocycles. The van der Waals surface area contributed by atoms with E-state index in [2.05, 4.69) is 99.9 Å². The summed E-state index contributed by atoms with van der Waals surface area (Å²) < 4.78 is 10.3. The number of alkyl carbamates (subject to hydrolysis) is 2. The number of aliphatic hydroxyl groups excluding tert-OH is 2. The number of aromatic amines is 1. The Balaban J connectivity index is 1.09. The molecular weight excluding hydrogens is 1520 g/mol. The van der Waals surface area contributed by atoms with Crippen molar-refractivity contribution in [2.45, 2.75) is 177 Å².